The number of ether oxygens (including phenoxy) is 1. The summed E-state index contributed by atoms with van der Waals surface area (Å²) in [6.07, 6.45) is 2.16. The molecule has 0 aliphatic carbocycles. The number of nitrogens with one attached hydrogen (secondary N) is 2. The number of benzene rings is 2. The maximum atomic E-state index is 11.7. The summed E-state index contributed by atoms with van der Waals surface area (Å²) in [5, 5.41) is 7.04. The number of hydrogen-bond donors (Lipinski definition) is 2. The molecule has 0 heterocycles. The highest BCUT2D eigenvalue weighted by Gasteiger charge is 2.14. The van der Waals surface area contributed by atoms with E-state index in [2.05, 4.69) is 15.8 Å². The van der Waals surface area contributed by atoms with Gasteiger partial charge in [-0.05, 0) is 31.5 Å². The van der Waals surface area contributed by atoms with E-state index in [1.807, 2.05) is 44.2 Å². The van der Waals surface area contributed by atoms with Crippen molar-refractivity contribution in [1.29, 1.82) is 0 Å². The summed E-state index contributed by atoms with van der Waals surface area (Å²) in [6.45, 7) is 4.04. The minimum atomic E-state index is -0.819. The zero-order valence-corrected chi connectivity index (χ0v) is 16.0. The van der Waals surface area contributed by atoms with Crippen molar-refractivity contribution >= 4 is 29.6 Å². The van der Waals surface area contributed by atoms with Crippen LogP contribution in [-0.4, -0.2) is 24.1 Å². The molecule has 7 heteroatoms. The Morgan fingerprint density at radius 2 is 1.85 bits per heavy atom. The Morgan fingerprint density at radius 1 is 1.15 bits per heavy atom. The molecule has 2 aromatic carbocycles. The van der Waals surface area contributed by atoms with Crippen LogP contribution in [0.1, 0.15) is 31.4 Å². The second-order valence-electron chi connectivity index (χ2n) is 5.90. The molecular formula is C20H22ClN3O3. The zero-order valence-electron chi connectivity index (χ0n) is 15.2. The first-order valence-corrected chi connectivity index (χ1v) is 8.98. The molecular weight excluding hydrogens is 366 g/mol. The van der Waals surface area contributed by atoms with Gasteiger partial charge in [-0.1, -0.05) is 48.9 Å². The molecule has 2 rings (SSSR count). The minimum absolute atomic E-state index is 0.0776. The third kappa shape index (κ3) is 6.42. The number of carbonyl (C=O) groups is 2. The van der Waals surface area contributed by atoms with Gasteiger partial charge in [0.1, 0.15) is 12.4 Å². The van der Waals surface area contributed by atoms with E-state index in [1.54, 1.807) is 18.2 Å². The summed E-state index contributed by atoms with van der Waals surface area (Å²) >= 11 is 6.13. The Morgan fingerprint density at radius 3 is 2.59 bits per heavy atom. The molecule has 0 bridgehead atoms. The van der Waals surface area contributed by atoms with Gasteiger partial charge in [0.2, 0.25) is 0 Å². The summed E-state index contributed by atoms with van der Waals surface area (Å²) in [4.78, 5) is 23.4. The van der Waals surface area contributed by atoms with E-state index in [-0.39, 0.29) is 6.04 Å². The van der Waals surface area contributed by atoms with Crippen LogP contribution in [0.5, 0.6) is 5.75 Å². The van der Waals surface area contributed by atoms with Crippen LogP contribution in [0, 0.1) is 0 Å². The van der Waals surface area contributed by atoms with E-state index in [0.717, 1.165) is 12.0 Å². The molecule has 2 N–H and O–H groups in total. The van der Waals surface area contributed by atoms with Crippen LogP contribution in [0.25, 0.3) is 0 Å². The van der Waals surface area contributed by atoms with Gasteiger partial charge in [-0.3, -0.25) is 9.59 Å². The predicted octanol–water partition coefficient (Wildman–Crippen LogP) is 3.28. The molecule has 0 saturated heterocycles. The lowest BCUT2D eigenvalue weighted by molar-refractivity contribution is -0.139. The normalized spacial score (nSPS) is 11.8. The van der Waals surface area contributed by atoms with Crippen molar-refractivity contribution in [2.45, 2.75) is 32.9 Å². The average molecular weight is 388 g/mol. The summed E-state index contributed by atoms with van der Waals surface area (Å²) in [7, 11) is 0. The lowest BCUT2D eigenvalue weighted by Crippen LogP contribution is -2.41. The van der Waals surface area contributed by atoms with E-state index in [9.17, 15) is 9.59 Å². The summed E-state index contributed by atoms with van der Waals surface area (Å²) in [6, 6.07) is 14.6. The van der Waals surface area contributed by atoms with Crippen LogP contribution < -0.4 is 15.5 Å². The molecule has 1 atom stereocenters. The van der Waals surface area contributed by atoms with Crippen LogP contribution >= 0.6 is 11.6 Å². The second-order valence-corrected chi connectivity index (χ2v) is 6.31. The molecule has 27 heavy (non-hydrogen) atoms. The van der Waals surface area contributed by atoms with Gasteiger partial charge in [-0.2, -0.15) is 5.10 Å². The van der Waals surface area contributed by atoms with E-state index >= 15 is 0 Å². The lowest BCUT2D eigenvalue weighted by Gasteiger charge is -2.10. The van der Waals surface area contributed by atoms with Crippen molar-refractivity contribution in [3.05, 3.63) is 64.7 Å². The van der Waals surface area contributed by atoms with Gasteiger partial charge in [-0.25, -0.2) is 5.43 Å². The Kier molecular flexibility index (Phi) is 7.82. The fraction of sp³-hybridized carbons (Fsp3) is 0.250. The smallest absolute Gasteiger partial charge is 0.329 e. The molecule has 0 saturated carbocycles. The highest BCUT2D eigenvalue weighted by atomic mass is 35.5. The quantitative estimate of drug-likeness (QED) is 0.434. The maximum Gasteiger partial charge on any atom is 0.329 e. The Bertz CT molecular complexity index is 824. The number of amides is 2. The summed E-state index contributed by atoms with van der Waals surface area (Å²) in [5.41, 5.74) is 3.73. The Labute approximate surface area is 163 Å². The van der Waals surface area contributed by atoms with Gasteiger partial charge in [0.15, 0.2) is 0 Å². The third-order valence-corrected chi connectivity index (χ3v) is 4.19. The van der Waals surface area contributed by atoms with Crippen molar-refractivity contribution in [1.82, 2.24) is 10.7 Å². The van der Waals surface area contributed by atoms with E-state index in [1.165, 1.54) is 6.21 Å². The molecule has 0 spiro atoms. The molecule has 6 nitrogen and oxygen atoms in total. The molecule has 0 aliphatic rings. The number of halogens is 1. The lowest BCUT2D eigenvalue weighted by atomic mass is 10.2. The average Bonchev–Trinajstić information content (AvgIpc) is 2.68. The van der Waals surface area contributed by atoms with E-state index in [0.29, 0.717) is 22.9 Å². The first-order chi connectivity index (χ1) is 13.0. The van der Waals surface area contributed by atoms with Crippen molar-refractivity contribution in [2.24, 2.45) is 5.10 Å². The molecule has 0 fully saturated rings. The predicted molar refractivity (Wildman–Crippen MR) is 106 cm³/mol. The molecule has 0 aliphatic heterocycles. The number of carbonyl (C=O) groups excluding carboxylic acids is 2. The number of para-hydroxylation sites is 1. The van der Waals surface area contributed by atoms with Crippen molar-refractivity contribution < 1.29 is 14.3 Å². The largest absolute Gasteiger partial charge is 0.488 e. The van der Waals surface area contributed by atoms with Crippen molar-refractivity contribution in [3.8, 4) is 5.75 Å². The number of rotatable bonds is 7. The molecule has 0 unspecified atom stereocenters. The highest BCUT2D eigenvalue weighted by Crippen LogP contribution is 2.20. The van der Waals surface area contributed by atoms with Gasteiger partial charge >= 0.3 is 11.8 Å². The summed E-state index contributed by atoms with van der Waals surface area (Å²) < 4.78 is 5.81. The van der Waals surface area contributed by atoms with Crippen molar-refractivity contribution in [2.75, 3.05) is 0 Å². The van der Waals surface area contributed by atoms with Crippen LogP contribution in [0.3, 0.4) is 0 Å². The molecule has 142 valence electrons. The highest BCUT2D eigenvalue weighted by molar-refractivity contribution is 6.35. The Balaban J connectivity index is 1.97. The molecule has 0 radical (unpaired) electrons. The zero-order chi connectivity index (χ0) is 19.6. The minimum Gasteiger partial charge on any atom is -0.488 e. The Hall–Kier alpha value is -2.86. The fourth-order valence-corrected chi connectivity index (χ4v) is 2.28. The van der Waals surface area contributed by atoms with Gasteiger partial charge in [0.05, 0.1) is 6.21 Å². The third-order valence-electron chi connectivity index (χ3n) is 3.83. The van der Waals surface area contributed by atoms with Gasteiger partial charge in [0, 0.05) is 22.2 Å². The monoisotopic (exact) mass is 387 g/mol. The first kappa shape index (κ1) is 20.5. The van der Waals surface area contributed by atoms with Crippen molar-refractivity contribution in [3.63, 3.8) is 0 Å². The van der Waals surface area contributed by atoms with Gasteiger partial charge < -0.3 is 10.1 Å². The second kappa shape index (κ2) is 10.3. The van der Waals surface area contributed by atoms with Crippen LogP contribution in [0.15, 0.2) is 53.6 Å². The van der Waals surface area contributed by atoms with Crippen LogP contribution in [0.2, 0.25) is 5.02 Å². The first-order valence-electron chi connectivity index (χ1n) is 8.60. The molecule has 2 aromatic rings. The maximum absolute atomic E-state index is 11.7. The van der Waals surface area contributed by atoms with Crippen LogP contribution in [0.4, 0.5) is 0 Å². The number of hydrogen-bond acceptors (Lipinski definition) is 4. The van der Waals surface area contributed by atoms with E-state index in [4.69, 9.17) is 16.3 Å². The fourth-order valence-electron chi connectivity index (χ4n) is 2.09. The van der Waals surface area contributed by atoms with Crippen LogP contribution in [-0.2, 0) is 16.2 Å². The standard InChI is InChI=1S/C20H22ClN3O3/c1-3-14(2)23-19(25)20(26)24-22-12-15-8-5-7-11-18(15)27-13-16-9-4-6-10-17(16)21/h4-12,14H,3,13H2,1-2H3,(H,23,25)(H,24,26)/b22-12-/t14-/m0/s1. The SMILES string of the molecule is CC[C@H](C)NC(=O)C(=O)N/N=C\c1ccccc1OCc1ccccc1Cl. The van der Waals surface area contributed by atoms with E-state index < -0.39 is 11.8 Å². The van der Waals surface area contributed by atoms with Gasteiger partial charge in [0.25, 0.3) is 0 Å². The van der Waals surface area contributed by atoms with Gasteiger partial charge in [-0.15, -0.1) is 0 Å². The number of nitrogens with zero attached hydrogens (tertiary/aromatic N) is 1. The number of hydrazone groups is 1. The topological polar surface area (TPSA) is 79.8 Å². The molecule has 0 aromatic heterocycles. The summed E-state index contributed by atoms with van der Waals surface area (Å²) in [5.74, 6) is -0.953. The molecule has 2 amide bonds.